The van der Waals surface area contributed by atoms with Gasteiger partial charge in [0.2, 0.25) is 11.8 Å². The summed E-state index contributed by atoms with van der Waals surface area (Å²) >= 11 is 6.83. The van der Waals surface area contributed by atoms with Crippen molar-refractivity contribution in [3.05, 3.63) is 29.8 Å². The summed E-state index contributed by atoms with van der Waals surface area (Å²) in [7, 11) is 0. The standard InChI is InChI=1S/C16H19Br2N3O2/c1-9-7-14(22)20-21-15(9)11-3-5-12(6-4-11)19-16(23)13(18)8-10(2)17/h3-6,9-10,13H,7-8H2,1-2H3,(H,19,23)(H,20,22). The molecule has 1 heterocycles. The largest absolute Gasteiger partial charge is 0.325 e. The Labute approximate surface area is 152 Å². The Morgan fingerprint density at radius 1 is 1.39 bits per heavy atom. The number of nitrogens with zero attached hydrogens (tertiary/aromatic N) is 1. The molecule has 5 nitrogen and oxygen atoms in total. The molecule has 1 aliphatic heterocycles. The van der Waals surface area contributed by atoms with Crippen molar-refractivity contribution in [3.8, 4) is 0 Å². The normalized spacial score (nSPS) is 20.3. The maximum absolute atomic E-state index is 12.1. The van der Waals surface area contributed by atoms with Gasteiger partial charge in [0.25, 0.3) is 0 Å². The molecule has 3 unspecified atom stereocenters. The van der Waals surface area contributed by atoms with E-state index in [4.69, 9.17) is 0 Å². The Hall–Kier alpha value is -1.21. The second-order valence-electron chi connectivity index (χ2n) is 5.69. The summed E-state index contributed by atoms with van der Waals surface area (Å²) in [6.07, 6.45) is 1.14. The molecular formula is C16H19Br2N3O2. The van der Waals surface area contributed by atoms with Crippen LogP contribution >= 0.6 is 31.9 Å². The van der Waals surface area contributed by atoms with Gasteiger partial charge in [-0.25, -0.2) is 5.43 Å². The summed E-state index contributed by atoms with van der Waals surface area (Å²) in [6.45, 7) is 3.98. The van der Waals surface area contributed by atoms with Crippen molar-refractivity contribution in [2.45, 2.75) is 36.3 Å². The van der Waals surface area contributed by atoms with Crippen LogP contribution in [0.4, 0.5) is 5.69 Å². The zero-order valence-electron chi connectivity index (χ0n) is 13.0. The van der Waals surface area contributed by atoms with Gasteiger partial charge in [0, 0.05) is 22.9 Å². The van der Waals surface area contributed by atoms with E-state index in [2.05, 4.69) is 47.7 Å². The summed E-state index contributed by atoms with van der Waals surface area (Å²) in [6, 6.07) is 7.49. The van der Waals surface area contributed by atoms with Crippen molar-refractivity contribution in [2.75, 3.05) is 5.32 Å². The third kappa shape index (κ3) is 5.14. The number of carbonyl (C=O) groups excluding carboxylic acids is 2. The monoisotopic (exact) mass is 443 g/mol. The minimum atomic E-state index is -0.241. The number of alkyl halides is 2. The highest BCUT2D eigenvalue weighted by atomic mass is 79.9. The van der Waals surface area contributed by atoms with E-state index in [1.54, 1.807) is 0 Å². The van der Waals surface area contributed by atoms with E-state index in [1.165, 1.54) is 0 Å². The molecule has 1 aromatic rings. The molecule has 0 spiro atoms. The molecule has 7 heteroatoms. The molecular weight excluding hydrogens is 426 g/mol. The highest BCUT2D eigenvalue weighted by molar-refractivity contribution is 9.10. The van der Waals surface area contributed by atoms with Crippen molar-refractivity contribution in [1.82, 2.24) is 5.43 Å². The Morgan fingerprint density at radius 2 is 2.04 bits per heavy atom. The third-order valence-corrected chi connectivity index (χ3v) is 4.69. The van der Waals surface area contributed by atoms with Crippen LogP contribution in [0, 0.1) is 5.92 Å². The van der Waals surface area contributed by atoms with Gasteiger partial charge >= 0.3 is 0 Å². The summed E-state index contributed by atoms with van der Waals surface area (Å²) in [5.74, 6) is -0.0502. The van der Waals surface area contributed by atoms with Gasteiger partial charge in [-0.15, -0.1) is 0 Å². The predicted molar refractivity (Wildman–Crippen MR) is 99.3 cm³/mol. The summed E-state index contributed by atoms with van der Waals surface area (Å²) in [4.78, 5) is 23.4. The quantitative estimate of drug-likeness (QED) is 0.683. The van der Waals surface area contributed by atoms with Crippen LogP contribution in [-0.4, -0.2) is 27.2 Å². The molecule has 1 aromatic carbocycles. The minimum Gasteiger partial charge on any atom is -0.325 e. The number of halogens is 2. The molecule has 2 amide bonds. The van der Waals surface area contributed by atoms with Gasteiger partial charge in [-0.2, -0.15) is 5.10 Å². The smallest absolute Gasteiger partial charge is 0.240 e. The van der Waals surface area contributed by atoms with Crippen molar-refractivity contribution in [2.24, 2.45) is 11.0 Å². The number of rotatable bonds is 5. The van der Waals surface area contributed by atoms with Crippen LogP contribution in [0.25, 0.3) is 0 Å². The van der Waals surface area contributed by atoms with Crippen molar-refractivity contribution >= 4 is 55.1 Å². The Bertz CT molecular complexity index is 614. The fourth-order valence-corrected chi connectivity index (χ4v) is 3.89. The second kappa shape index (κ2) is 8.06. The maximum atomic E-state index is 12.1. The van der Waals surface area contributed by atoms with E-state index in [9.17, 15) is 9.59 Å². The first-order valence-electron chi connectivity index (χ1n) is 7.42. The molecule has 2 N–H and O–H groups in total. The summed E-state index contributed by atoms with van der Waals surface area (Å²) < 4.78 is 0. The number of nitrogens with one attached hydrogen (secondary N) is 2. The fraction of sp³-hybridized carbons (Fsp3) is 0.438. The Kier molecular flexibility index (Phi) is 6.35. The highest BCUT2D eigenvalue weighted by Gasteiger charge is 2.21. The lowest BCUT2D eigenvalue weighted by atomic mass is 9.94. The van der Waals surface area contributed by atoms with Crippen LogP contribution in [0.1, 0.15) is 32.3 Å². The molecule has 23 heavy (non-hydrogen) atoms. The van der Waals surface area contributed by atoms with Crippen LogP contribution in [-0.2, 0) is 9.59 Å². The first kappa shape index (κ1) is 18.1. The predicted octanol–water partition coefficient (Wildman–Crippen LogP) is 3.42. The molecule has 1 aliphatic rings. The van der Waals surface area contributed by atoms with Crippen molar-refractivity contribution < 1.29 is 9.59 Å². The van der Waals surface area contributed by atoms with Crippen LogP contribution in [0.3, 0.4) is 0 Å². The number of anilines is 1. The maximum Gasteiger partial charge on any atom is 0.240 e. The van der Waals surface area contributed by atoms with E-state index in [0.29, 0.717) is 12.8 Å². The molecule has 0 fully saturated rings. The lowest BCUT2D eigenvalue weighted by Crippen LogP contribution is -2.31. The topological polar surface area (TPSA) is 70.6 Å². The van der Waals surface area contributed by atoms with Crippen LogP contribution < -0.4 is 10.7 Å². The molecule has 0 bridgehead atoms. The van der Waals surface area contributed by atoms with Crippen molar-refractivity contribution in [1.29, 1.82) is 0 Å². The molecule has 0 aliphatic carbocycles. The average Bonchev–Trinajstić information content (AvgIpc) is 2.47. The van der Waals surface area contributed by atoms with Gasteiger partial charge in [-0.1, -0.05) is 57.8 Å². The first-order valence-corrected chi connectivity index (χ1v) is 9.25. The molecule has 0 radical (unpaired) electrons. The van der Waals surface area contributed by atoms with Crippen LogP contribution in [0.15, 0.2) is 29.4 Å². The zero-order valence-corrected chi connectivity index (χ0v) is 16.1. The number of benzene rings is 1. The third-order valence-electron chi connectivity index (χ3n) is 3.52. The first-order chi connectivity index (χ1) is 10.9. The Morgan fingerprint density at radius 3 is 2.61 bits per heavy atom. The Balaban J connectivity index is 2.02. The van der Waals surface area contributed by atoms with Gasteiger partial charge in [0.15, 0.2) is 0 Å². The second-order valence-corrected chi connectivity index (χ2v) is 8.36. The van der Waals surface area contributed by atoms with Gasteiger partial charge in [-0.05, 0) is 24.1 Å². The fourth-order valence-electron chi connectivity index (χ4n) is 2.34. The number of hydrazone groups is 1. The van der Waals surface area contributed by atoms with Gasteiger partial charge in [0.05, 0.1) is 10.5 Å². The SMILES string of the molecule is CC(Br)CC(Br)C(=O)Nc1ccc(C2=NNC(=O)CC2C)cc1. The van der Waals surface area contributed by atoms with Crippen LogP contribution in [0.2, 0.25) is 0 Å². The zero-order chi connectivity index (χ0) is 17.0. The molecule has 2 rings (SSSR count). The van der Waals surface area contributed by atoms with Gasteiger partial charge in [0.1, 0.15) is 0 Å². The molecule has 0 saturated heterocycles. The number of hydrogen-bond acceptors (Lipinski definition) is 3. The average molecular weight is 445 g/mol. The van der Waals surface area contributed by atoms with E-state index in [0.717, 1.165) is 17.0 Å². The van der Waals surface area contributed by atoms with E-state index in [1.807, 2.05) is 38.1 Å². The van der Waals surface area contributed by atoms with Gasteiger partial charge in [-0.3, -0.25) is 9.59 Å². The van der Waals surface area contributed by atoms with E-state index in [-0.39, 0.29) is 27.4 Å². The summed E-state index contributed by atoms with van der Waals surface area (Å²) in [5, 5.41) is 7.01. The highest BCUT2D eigenvalue weighted by Crippen LogP contribution is 2.20. The summed E-state index contributed by atoms with van der Waals surface area (Å²) in [5.41, 5.74) is 5.04. The van der Waals surface area contributed by atoms with Gasteiger partial charge < -0.3 is 5.32 Å². The van der Waals surface area contributed by atoms with E-state index < -0.39 is 0 Å². The van der Waals surface area contributed by atoms with Crippen LogP contribution in [0.5, 0.6) is 0 Å². The number of hydrogen-bond donors (Lipinski definition) is 2. The number of amides is 2. The number of carbonyl (C=O) groups is 2. The lowest BCUT2D eigenvalue weighted by Gasteiger charge is -2.19. The molecule has 0 saturated carbocycles. The minimum absolute atomic E-state index is 0.0606. The van der Waals surface area contributed by atoms with E-state index >= 15 is 0 Å². The molecule has 0 aromatic heterocycles. The molecule has 3 atom stereocenters. The van der Waals surface area contributed by atoms with Crippen molar-refractivity contribution in [3.63, 3.8) is 0 Å². The molecule has 124 valence electrons. The lowest BCUT2D eigenvalue weighted by molar-refractivity contribution is -0.122.